The number of aliphatic hydroxyl groups is 1. The maximum Gasteiger partial charge on any atom is 0.306 e. The second-order valence-electron chi connectivity index (χ2n) is 5.66. The molecule has 1 unspecified atom stereocenters. The van der Waals surface area contributed by atoms with Crippen molar-refractivity contribution in [3.05, 3.63) is 0 Å². The van der Waals surface area contributed by atoms with Crippen LogP contribution in [0.4, 0.5) is 0 Å². The van der Waals surface area contributed by atoms with Gasteiger partial charge in [-0.25, -0.2) is 0 Å². The molecule has 22 heavy (non-hydrogen) atoms. The van der Waals surface area contributed by atoms with Crippen molar-refractivity contribution in [1.82, 2.24) is 4.90 Å². The Morgan fingerprint density at radius 3 is 2.32 bits per heavy atom. The van der Waals surface area contributed by atoms with Crippen molar-refractivity contribution in [2.24, 2.45) is 0 Å². The highest BCUT2D eigenvalue weighted by atomic mass is 16.5. The summed E-state index contributed by atoms with van der Waals surface area (Å²) in [4.78, 5) is 13.5. The normalized spacial score (nSPS) is 12.1. The summed E-state index contributed by atoms with van der Waals surface area (Å²) in [5.74, 6) is 2.09. The lowest BCUT2D eigenvalue weighted by Crippen LogP contribution is -2.32. The van der Waals surface area contributed by atoms with Crippen molar-refractivity contribution in [2.75, 3.05) is 26.2 Å². The van der Waals surface area contributed by atoms with Crippen molar-refractivity contribution in [2.45, 2.75) is 71.3 Å². The average Bonchev–Trinajstić information content (AvgIpc) is 2.52. The van der Waals surface area contributed by atoms with Gasteiger partial charge in [0.2, 0.25) is 0 Å². The lowest BCUT2D eigenvalue weighted by atomic mass is 10.1. The SMILES string of the molecule is C#CCOC(=O)CCCCCCCCC(O)CN(CC)CC. The first-order valence-corrected chi connectivity index (χ1v) is 8.63. The minimum absolute atomic E-state index is 0.0780. The number of esters is 1. The first-order chi connectivity index (χ1) is 10.6. The summed E-state index contributed by atoms with van der Waals surface area (Å²) in [5.41, 5.74) is 0. The van der Waals surface area contributed by atoms with E-state index < -0.39 is 0 Å². The summed E-state index contributed by atoms with van der Waals surface area (Å²) in [5, 5.41) is 9.95. The molecule has 0 aromatic rings. The van der Waals surface area contributed by atoms with E-state index in [-0.39, 0.29) is 18.7 Å². The molecule has 0 bridgehead atoms. The van der Waals surface area contributed by atoms with E-state index in [9.17, 15) is 9.90 Å². The van der Waals surface area contributed by atoms with Gasteiger partial charge in [0, 0.05) is 13.0 Å². The number of likely N-dealkylation sites (N-methyl/N-ethyl adjacent to an activating group) is 1. The molecule has 1 N–H and O–H groups in total. The second-order valence-corrected chi connectivity index (χ2v) is 5.66. The highest BCUT2D eigenvalue weighted by molar-refractivity contribution is 5.69. The summed E-state index contributed by atoms with van der Waals surface area (Å²) >= 11 is 0. The van der Waals surface area contributed by atoms with E-state index in [1.165, 1.54) is 0 Å². The van der Waals surface area contributed by atoms with Crippen LogP contribution in [0.25, 0.3) is 0 Å². The number of ether oxygens (including phenoxy) is 1. The molecule has 0 aliphatic heterocycles. The number of nitrogens with zero attached hydrogens (tertiary/aromatic N) is 1. The number of carbonyl (C=O) groups excluding carboxylic acids is 1. The summed E-state index contributed by atoms with van der Waals surface area (Å²) in [6.07, 6.45) is 12.6. The standard InChI is InChI=1S/C18H33NO3/c1-4-15-22-18(21)14-12-10-8-7-9-11-13-17(20)16-19(5-2)6-3/h1,17,20H,5-16H2,2-3H3. The molecule has 0 rings (SSSR count). The number of unbranched alkanes of at least 4 members (excludes halogenated alkanes) is 5. The number of carbonyl (C=O) groups is 1. The fourth-order valence-electron chi connectivity index (χ4n) is 2.42. The third-order valence-electron chi connectivity index (χ3n) is 3.85. The van der Waals surface area contributed by atoms with Crippen molar-refractivity contribution in [3.63, 3.8) is 0 Å². The smallest absolute Gasteiger partial charge is 0.306 e. The zero-order chi connectivity index (χ0) is 16.6. The average molecular weight is 311 g/mol. The van der Waals surface area contributed by atoms with Gasteiger partial charge in [-0.05, 0) is 25.9 Å². The molecule has 0 aliphatic carbocycles. The van der Waals surface area contributed by atoms with Gasteiger partial charge in [0.15, 0.2) is 6.61 Å². The zero-order valence-corrected chi connectivity index (χ0v) is 14.4. The van der Waals surface area contributed by atoms with Crippen molar-refractivity contribution < 1.29 is 14.6 Å². The van der Waals surface area contributed by atoms with E-state index in [0.29, 0.717) is 6.42 Å². The van der Waals surface area contributed by atoms with E-state index in [2.05, 4.69) is 24.7 Å². The third kappa shape index (κ3) is 12.7. The molecule has 0 amide bonds. The van der Waals surface area contributed by atoms with E-state index in [1.54, 1.807) is 0 Å². The zero-order valence-electron chi connectivity index (χ0n) is 14.4. The summed E-state index contributed by atoms with van der Waals surface area (Å²) in [6, 6.07) is 0. The molecule has 0 saturated carbocycles. The lowest BCUT2D eigenvalue weighted by molar-refractivity contribution is -0.142. The quantitative estimate of drug-likeness (QED) is 0.304. The molecule has 1 atom stereocenters. The Bertz CT molecular complexity index is 308. The van der Waals surface area contributed by atoms with Crippen LogP contribution in [-0.4, -0.2) is 48.3 Å². The number of terminal acetylenes is 1. The first kappa shape index (κ1) is 20.9. The predicted molar refractivity (Wildman–Crippen MR) is 90.5 cm³/mol. The fourth-order valence-corrected chi connectivity index (χ4v) is 2.42. The molecular weight excluding hydrogens is 278 g/mol. The van der Waals surface area contributed by atoms with Crippen LogP contribution in [0.3, 0.4) is 0 Å². The highest BCUT2D eigenvalue weighted by Crippen LogP contribution is 2.11. The Kier molecular flexibility index (Phi) is 14.2. The largest absolute Gasteiger partial charge is 0.452 e. The molecule has 0 radical (unpaired) electrons. The molecule has 0 saturated heterocycles. The van der Waals surface area contributed by atoms with Crippen molar-refractivity contribution in [3.8, 4) is 12.3 Å². The van der Waals surface area contributed by atoms with Crippen LogP contribution >= 0.6 is 0 Å². The maximum absolute atomic E-state index is 11.2. The number of aliphatic hydroxyl groups excluding tert-OH is 1. The molecular formula is C18H33NO3. The maximum atomic E-state index is 11.2. The number of rotatable bonds is 14. The van der Waals surface area contributed by atoms with E-state index >= 15 is 0 Å². The van der Waals surface area contributed by atoms with Gasteiger partial charge in [-0.15, -0.1) is 6.42 Å². The molecule has 0 heterocycles. The van der Waals surface area contributed by atoms with Gasteiger partial charge in [-0.3, -0.25) is 4.79 Å². The van der Waals surface area contributed by atoms with Crippen LogP contribution in [0.2, 0.25) is 0 Å². The molecule has 0 aromatic carbocycles. The van der Waals surface area contributed by atoms with Gasteiger partial charge in [-0.1, -0.05) is 51.9 Å². The molecule has 0 aromatic heterocycles. The monoisotopic (exact) mass is 311 g/mol. The van der Waals surface area contributed by atoms with Gasteiger partial charge in [0.1, 0.15) is 0 Å². The van der Waals surface area contributed by atoms with E-state index in [4.69, 9.17) is 11.2 Å². The highest BCUT2D eigenvalue weighted by Gasteiger charge is 2.08. The van der Waals surface area contributed by atoms with Crippen molar-refractivity contribution >= 4 is 5.97 Å². The van der Waals surface area contributed by atoms with Crippen LogP contribution in [0, 0.1) is 12.3 Å². The van der Waals surface area contributed by atoms with Crippen LogP contribution in [-0.2, 0) is 9.53 Å². The molecule has 0 spiro atoms. The molecule has 4 nitrogen and oxygen atoms in total. The van der Waals surface area contributed by atoms with Gasteiger partial charge in [0.25, 0.3) is 0 Å². The van der Waals surface area contributed by atoms with Crippen LogP contribution in [0.5, 0.6) is 0 Å². The Labute approximate surface area is 136 Å². The number of hydrogen-bond acceptors (Lipinski definition) is 4. The molecule has 128 valence electrons. The Balaban J connectivity index is 3.36. The molecule has 4 heteroatoms. The minimum atomic E-state index is -0.203. The molecule has 0 aliphatic rings. The van der Waals surface area contributed by atoms with E-state index in [1.807, 2.05) is 0 Å². The molecule has 0 fully saturated rings. The van der Waals surface area contributed by atoms with Crippen LogP contribution < -0.4 is 0 Å². The topological polar surface area (TPSA) is 49.8 Å². The van der Waals surface area contributed by atoms with Gasteiger partial charge >= 0.3 is 5.97 Å². The van der Waals surface area contributed by atoms with E-state index in [0.717, 1.165) is 64.6 Å². The van der Waals surface area contributed by atoms with Crippen molar-refractivity contribution in [1.29, 1.82) is 0 Å². The van der Waals surface area contributed by atoms with Crippen LogP contribution in [0.15, 0.2) is 0 Å². The Morgan fingerprint density at radius 1 is 1.14 bits per heavy atom. The predicted octanol–water partition coefficient (Wildman–Crippen LogP) is 2.99. The van der Waals surface area contributed by atoms with Gasteiger partial charge < -0.3 is 14.7 Å². The van der Waals surface area contributed by atoms with Gasteiger partial charge in [0.05, 0.1) is 6.10 Å². The Hall–Kier alpha value is -1.05. The summed E-state index contributed by atoms with van der Waals surface area (Å²) in [6.45, 7) is 7.10. The van der Waals surface area contributed by atoms with Gasteiger partial charge in [-0.2, -0.15) is 0 Å². The van der Waals surface area contributed by atoms with Crippen LogP contribution in [0.1, 0.15) is 65.2 Å². The Morgan fingerprint density at radius 2 is 1.73 bits per heavy atom. The lowest BCUT2D eigenvalue weighted by Gasteiger charge is -2.21. The first-order valence-electron chi connectivity index (χ1n) is 8.63. The fraction of sp³-hybridized carbons (Fsp3) is 0.833. The second kappa shape index (κ2) is 14.9. The summed E-state index contributed by atoms with van der Waals surface area (Å²) < 4.78 is 4.81. The minimum Gasteiger partial charge on any atom is -0.452 e. The number of hydrogen-bond donors (Lipinski definition) is 1. The third-order valence-corrected chi connectivity index (χ3v) is 3.85. The summed E-state index contributed by atoms with van der Waals surface area (Å²) in [7, 11) is 0.